The zero-order valence-electron chi connectivity index (χ0n) is 20.7. The van der Waals surface area contributed by atoms with Gasteiger partial charge in [-0.1, -0.05) is 26.7 Å². The Kier molecular flexibility index (Phi) is 6.71. The summed E-state index contributed by atoms with van der Waals surface area (Å²) in [7, 11) is 0. The number of hydrogen-bond donors (Lipinski definition) is 0. The normalized spacial score (nSPS) is 13.3. The summed E-state index contributed by atoms with van der Waals surface area (Å²) in [5.41, 5.74) is 2.68. The maximum atomic E-state index is 13.1. The van der Waals surface area contributed by atoms with Crippen molar-refractivity contribution in [1.29, 1.82) is 0 Å². The molecule has 0 amide bonds. The van der Waals surface area contributed by atoms with Crippen LogP contribution in [0.15, 0.2) is 53.9 Å². The standard InChI is InChI=1S/C30H23F3OS4/c1-3-5-16(26-13-19-18-11-12-35-22(18)7-8-23(19)36-26)17(6-4-2)27-14-20-21-15-28(29(34)30(31,32)33)38-25(21)10-9-24(20)37-27/h7-15H,3-6H2,1-2H3/b17-16-. The third-order valence-corrected chi connectivity index (χ3v) is 11.1. The highest BCUT2D eigenvalue weighted by Crippen LogP contribution is 2.45. The van der Waals surface area contributed by atoms with Crippen molar-refractivity contribution in [1.82, 2.24) is 0 Å². The average molecular weight is 585 g/mol. The number of carbonyl (C=O) groups excluding carboxylic acids is 1. The molecule has 38 heavy (non-hydrogen) atoms. The SMILES string of the molecule is CCC/C(=C(\CCC)c1cc2c(ccc3sc(C(=O)C(F)(F)F)cc32)s1)c1cc2c(ccc3sccc32)s1. The van der Waals surface area contributed by atoms with Crippen molar-refractivity contribution in [2.75, 3.05) is 0 Å². The number of carbonyl (C=O) groups is 1. The number of allylic oxidation sites excluding steroid dienone is 2. The average Bonchev–Trinajstić information content (AvgIpc) is 3.67. The minimum absolute atomic E-state index is 0.256. The van der Waals surface area contributed by atoms with Crippen molar-refractivity contribution in [2.45, 2.75) is 45.7 Å². The first kappa shape index (κ1) is 25.7. The van der Waals surface area contributed by atoms with E-state index >= 15 is 0 Å². The first-order valence-electron chi connectivity index (χ1n) is 12.5. The predicted molar refractivity (Wildman–Crippen MR) is 161 cm³/mol. The molecule has 1 nitrogen and oxygen atoms in total. The molecule has 4 heterocycles. The molecule has 0 bridgehead atoms. The first-order chi connectivity index (χ1) is 18.3. The fourth-order valence-electron chi connectivity index (χ4n) is 5.09. The zero-order valence-corrected chi connectivity index (χ0v) is 24.0. The van der Waals surface area contributed by atoms with Gasteiger partial charge in [0, 0.05) is 50.1 Å². The highest BCUT2D eigenvalue weighted by Gasteiger charge is 2.40. The van der Waals surface area contributed by atoms with Gasteiger partial charge in [0.1, 0.15) is 0 Å². The lowest BCUT2D eigenvalue weighted by Gasteiger charge is -2.12. The van der Waals surface area contributed by atoms with Crippen LogP contribution in [0.3, 0.4) is 0 Å². The number of thiophene rings is 4. The third kappa shape index (κ3) is 4.41. The summed E-state index contributed by atoms with van der Waals surface area (Å²) >= 11 is 6.21. The molecule has 0 aliphatic carbocycles. The van der Waals surface area contributed by atoms with Gasteiger partial charge < -0.3 is 0 Å². The second kappa shape index (κ2) is 9.90. The third-order valence-electron chi connectivity index (χ3n) is 6.77. The van der Waals surface area contributed by atoms with Crippen LogP contribution in [0.2, 0.25) is 0 Å². The van der Waals surface area contributed by atoms with E-state index in [0.717, 1.165) is 57.4 Å². The molecule has 0 N–H and O–H groups in total. The summed E-state index contributed by atoms with van der Waals surface area (Å²) < 4.78 is 43.6. The van der Waals surface area contributed by atoms with Crippen molar-refractivity contribution >= 4 is 103 Å². The lowest BCUT2D eigenvalue weighted by molar-refractivity contribution is -0.0882. The Hall–Kier alpha value is -2.52. The van der Waals surface area contributed by atoms with Crippen LogP contribution in [0.1, 0.15) is 59.0 Å². The molecule has 194 valence electrons. The minimum Gasteiger partial charge on any atom is -0.283 e. The zero-order chi connectivity index (χ0) is 26.6. The van der Waals surface area contributed by atoms with Gasteiger partial charge in [-0.05, 0) is 77.9 Å². The van der Waals surface area contributed by atoms with Crippen LogP contribution in [0.4, 0.5) is 13.2 Å². The molecule has 2 aromatic carbocycles. The molecular weight excluding hydrogens is 562 g/mol. The fourth-order valence-corrected chi connectivity index (χ4v) is 9.28. The van der Waals surface area contributed by atoms with Gasteiger partial charge in [0.25, 0.3) is 5.78 Å². The molecule has 0 saturated carbocycles. The molecule has 0 atom stereocenters. The number of rotatable bonds is 7. The van der Waals surface area contributed by atoms with E-state index in [1.807, 2.05) is 23.5 Å². The Labute approximate surface area is 233 Å². The molecule has 6 aromatic rings. The molecule has 0 saturated heterocycles. The molecule has 0 radical (unpaired) electrons. The summed E-state index contributed by atoms with van der Waals surface area (Å²) in [5.74, 6) is -1.77. The van der Waals surface area contributed by atoms with Gasteiger partial charge in [-0.3, -0.25) is 4.79 Å². The van der Waals surface area contributed by atoms with Crippen LogP contribution in [-0.4, -0.2) is 12.0 Å². The van der Waals surface area contributed by atoms with Crippen LogP contribution in [0, 0.1) is 0 Å². The van der Waals surface area contributed by atoms with E-state index in [1.165, 1.54) is 42.3 Å². The van der Waals surface area contributed by atoms with Crippen molar-refractivity contribution in [2.24, 2.45) is 0 Å². The summed E-state index contributed by atoms with van der Waals surface area (Å²) in [4.78, 5) is 14.1. The second-order valence-corrected chi connectivity index (χ2v) is 13.5. The smallest absolute Gasteiger partial charge is 0.283 e. The Morgan fingerprint density at radius 1 is 0.658 bits per heavy atom. The highest BCUT2D eigenvalue weighted by molar-refractivity contribution is 7.23. The van der Waals surface area contributed by atoms with E-state index in [-0.39, 0.29) is 4.88 Å². The molecule has 0 fully saturated rings. The number of hydrogen-bond acceptors (Lipinski definition) is 5. The minimum atomic E-state index is -4.87. The van der Waals surface area contributed by atoms with Gasteiger partial charge in [-0.25, -0.2) is 0 Å². The van der Waals surface area contributed by atoms with Gasteiger partial charge in [-0.2, -0.15) is 13.2 Å². The molecule has 0 aliphatic heterocycles. The monoisotopic (exact) mass is 584 g/mol. The molecule has 4 aromatic heterocycles. The molecule has 8 heteroatoms. The first-order valence-corrected chi connectivity index (χ1v) is 15.8. The number of halogens is 3. The Morgan fingerprint density at radius 2 is 1.11 bits per heavy atom. The largest absolute Gasteiger partial charge is 0.455 e. The molecular formula is C30H23F3OS4. The second-order valence-electron chi connectivity index (χ2n) is 9.31. The van der Waals surface area contributed by atoms with Gasteiger partial charge >= 0.3 is 6.18 Å². The number of ketones is 1. The van der Waals surface area contributed by atoms with E-state index in [0.29, 0.717) is 4.70 Å². The van der Waals surface area contributed by atoms with Gasteiger partial charge in [0.15, 0.2) is 0 Å². The number of Topliss-reactive ketones (excluding diaryl/α,β-unsaturated/α-hetero) is 1. The fraction of sp³-hybridized carbons (Fsp3) is 0.233. The van der Waals surface area contributed by atoms with Crippen molar-refractivity contribution < 1.29 is 18.0 Å². The van der Waals surface area contributed by atoms with Crippen LogP contribution in [0.5, 0.6) is 0 Å². The maximum absolute atomic E-state index is 13.1. The quantitative estimate of drug-likeness (QED) is 0.171. The van der Waals surface area contributed by atoms with E-state index < -0.39 is 12.0 Å². The van der Waals surface area contributed by atoms with Crippen molar-refractivity contribution in [3.05, 3.63) is 68.5 Å². The Bertz CT molecular complexity index is 1860. The molecule has 0 unspecified atom stereocenters. The van der Waals surface area contributed by atoms with Gasteiger partial charge in [0.2, 0.25) is 0 Å². The van der Waals surface area contributed by atoms with E-state index in [1.54, 1.807) is 22.7 Å². The Balaban J connectivity index is 1.53. The Morgan fingerprint density at radius 3 is 1.61 bits per heavy atom. The van der Waals surface area contributed by atoms with E-state index in [9.17, 15) is 18.0 Å². The van der Waals surface area contributed by atoms with Gasteiger partial charge in [0.05, 0.1) is 4.88 Å². The van der Waals surface area contributed by atoms with Crippen LogP contribution in [-0.2, 0) is 0 Å². The summed E-state index contributed by atoms with van der Waals surface area (Å²) in [5, 5.41) is 6.38. The lowest BCUT2D eigenvalue weighted by Crippen LogP contribution is -2.21. The number of fused-ring (bicyclic) bond motifs is 6. The molecule has 6 rings (SSSR count). The van der Waals surface area contributed by atoms with Gasteiger partial charge in [-0.15, -0.1) is 45.3 Å². The molecule has 0 aliphatic rings. The van der Waals surface area contributed by atoms with E-state index in [4.69, 9.17) is 0 Å². The van der Waals surface area contributed by atoms with Crippen molar-refractivity contribution in [3.63, 3.8) is 0 Å². The van der Waals surface area contributed by atoms with Crippen molar-refractivity contribution in [3.8, 4) is 0 Å². The molecule has 0 spiro atoms. The summed E-state index contributed by atoms with van der Waals surface area (Å²) in [6.45, 7) is 4.38. The number of benzene rings is 2. The highest BCUT2D eigenvalue weighted by atomic mass is 32.1. The van der Waals surface area contributed by atoms with Crippen LogP contribution < -0.4 is 0 Å². The van der Waals surface area contributed by atoms with Crippen LogP contribution in [0.25, 0.3) is 51.5 Å². The lowest BCUT2D eigenvalue weighted by atomic mass is 9.96. The van der Waals surface area contributed by atoms with Crippen LogP contribution >= 0.6 is 45.3 Å². The predicted octanol–water partition coefficient (Wildman–Crippen LogP) is 11.8. The summed E-state index contributed by atoms with van der Waals surface area (Å²) in [6, 6.07) is 16.3. The van der Waals surface area contributed by atoms with E-state index in [2.05, 4.69) is 49.6 Å². The maximum Gasteiger partial charge on any atom is 0.455 e. The number of alkyl halides is 3. The summed E-state index contributed by atoms with van der Waals surface area (Å²) in [6.07, 6.45) is -0.970. The topological polar surface area (TPSA) is 17.1 Å².